The maximum Gasteiger partial charge on any atom is 0.116 e. The second-order valence-electron chi connectivity index (χ2n) is 10.1. The van der Waals surface area contributed by atoms with Gasteiger partial charge in [-0.3, -0.25) is 0 Å². The SMILES string of the molecule is C[C@@H]1C=C2C[C@@H](O)CC[C@]2(C)[C@H]2CC[C@]3(C)C(c4ccncn4)=CC[C@H]3[C@H]12. The number of aromatic nitrogens is 2. The third-order valence-corrected chi connectivity index (χ3v) is 8.85. The minimum atomic E-state index is -0.126. The Balaban J connectivity index is 1.52. The van der Waals surface area contributed by atoms with Gasteiger partial charge in [0.1, 0.15) is 6.33 Å². The Labute approximate surface area is 163 Å². The zero-order valence-corrected chi connectivity index (χ0v) is 16.9. The quantitative estimate of drug-likeness (QED) is 0.710. The number of hydrogen-bond acceptors (Lipinski definition) is 3. The van der Waals surface area contributed by atoms with Crippen LogP contribution < -0.4 is 0 Å². The van der Waals surface area contributed by atoms with Gasteiger partial charge < -0.3 is 5.11 Å². The van der Waals surface area contributed by atoms with Crippen molar-refractivity contribution in [1.29, 1.82) is 0 Å². The zero-order chi connectivity index (χ0) is 18.8. The molecule has 144 valence electrons. The van der Waals surface area contributed by atoms with E-state index >= 15 is 0 Å². The first-order valence-electron chi connectivity index (χ1n) is 10.8. The molecule has 0 unspecified atom stereocenters. The third kappa shape index (κ3) is 2.43. The Morgan fingerprint density at radius 1 is 1.11 bits per heavy atom. The first kappa shape index (κ1) is 17.6. The molecule has 27 heavy (non-hydrogen) atoms. The molecule has 1 heterocycles. The highest BCUT2D eigenvalue weighted by Gasteiger charge is 2.58. The van der Waals surface area contributed by atoms with Gasteiger partial charge >= 0.3 is 0 Å². The number of nitrogens with zero attached hydrogens (tertiary/aromatic N) is 2. The third-order valence-electron chi connectivity index (χ3n) is 8.85. The Hall–Kier alpha value is -1.48. The minimum absolute atomic E-state index is 0.126. The van der Waals surface area contributed by atoms with E-state index in [9.17, 15) is 5.11 Å². The summed E-state index contributed by atoms with van der Waals surface area (Å²) in [4.78, 5) is 8.70. The molecule has 4 aliphatic rings. The lowest BCUT2D eigenvalue weighted by atomic mass is 9.45. The lowest BCUT2D eigenvalue weighted by Gasteiger charge is -2.59. The molecule has 0 radical (unpaired) electrons. The lowest BCUT2D eigenvalue weighted by Crippen LogP contribution is -2.52. The van der Waals surface area contributed by atoms with Gasteiger partial charge in [0.25, 0.3) is 0 Å². The number of aliphatic hydroxyl groups is 1. The molecule has 5 rings (SSSR count). The predicted octanol–water partition coefficient (Wildman–Crippen LogP) is 5.04. The van der Waals surface area contributed by atoms with Gasteiger partial charge in [-0.05, 0) is 84.7 Å². The molecule has 2 fully saturated rings. The molecule has 3 heteroatoms. The fraction of sp³-hybridized carbons (Fsp3) is 0.667. The Kier molecular flexibility index (Phi) is 3.92. The molecule has 0 aliphatic heterocycles. The highest BCUT2D eigenvalue weighted by molar-refractivity contribution is 5.70. The van der Waals surface area contributed by atoms with E-state index in [1.807, 2.05) is 6.20 Å². The monoisotopic (exact) mass is 364 g/mol. The summed E-state index contributed by atoms with van der Waals surface area (Å²) in [7, 11) is 0. The van der Waals surface area contributed by atoms with Gasteiger partial charge in [-0.1, -0.05) is 38.5 Å². The summed E-state index contributed by atoms with van der Waals surface area (Å²) in [6.07, 6.45) is 15.2. The molecule has 0 bridgehead atoms. The summed E-state index contributed by atoms with van der Waals surface area (Å²) in [5.41, 5.74) is 4.68. The van der Waals surface area contributed by atoms with Gasteiger partial charge in [0.05, 0.1) is 11.8 Å². The number of hydrogen-bond donors (Lipinski definition) is 1. The molecule has 2 saturated carbocycles. The van der Waals surface area contributed by atoms with Crippen molar-refractivity contribution >= 4 is 5.57 Å². The Bertz CT molecular complexity index is 800. The molecule has 0 saturated heterocycles. The average Bonchev–Trinajstić information content (AvgIpc) is 3.01. The smallest absolute Gasteiger partial charge is 0.116 e. The van der Waals surface area contributed by atoms with Crippen LogP contribution in [0.15, 0.2) is 36.3 Å². The van der Waals surface area contributed by atoms with E-state index in [4.69, 9.17) is 0 Å². The van der Waals surface area contributed by atoms with Crippen LogP contribution in [-0.4, -0.2) is 21.2 Å². The lowest BCUT2D eigenvalue weighted by molar-refractivity contribution is -0.0426. The van der Waals surface area contributed by atoms with Gasteiger partial charge in [-0.25, -0.2) is 9.97 Å². The van der Waals surface area contributed by atoms with E-state index in [0.29, 0.717) is 17.3 Å². The zero-order valence-electron chi connectivity index (χ0n) is 16.9. The topological polar surface area (TPSA) is 46.0 Å². The fourth-order valence-corrected chi connectivity index (χ4v) is 7.42. The first-order valence-corrected chi connectivity index (χ1v) is 10.8. The number of rotatable bonds is 1. The van der Waals surface area contributed by atoms with Crippen molar-refractivity contribution in [2.45, 2.75) is 65.4 Å². The molecule has 1 aromatic heterocycles. The molecule has 4 aliphatic carbocycles. The summed E-state index contributed by atoms with van der Waals surface area (Å²) < 4.78 is 0. The summed E-state index contributed by atoms with van der Waals surface area (Å²) in [5.74, 6) is 2.81. The van der Waals surface area contributed by atoms with Crippen molar-refractivity contribution in [1.82, 2.24) is 9.97 Å². The fourth-order valence-electron chi connectivity index (χ4n) is 7.42. The van der Waals surface area contributed by atoms with Gasteiger partial charge in [0.15, 0.2) is 0 Å². The van der Waals surface area contributed by atoms with Crippen molar-refractivity contribution in [3.8, 4) is 0 Å². The van der Waals surface area contributed by atoms with Crippen LogP contribution >= 0.6 is 0 Å². The Morgan fingerprint density at radius 3 is 2.70 bits per heavy atom. The summed E-state index contributed by atoms with van der Waals surface area (Å²) in [5, 5.41) is 10.2. The Morgan fingerprint density at radius 2 is 1.93 bits per heavy atom. The van der Waals surface area contributed by atoms with E-state index in [-0.39, 0.29) is 11.5 Å². The van der Waals surface area contributed by atoms with Crippen LogP contribution in [0.2, 0.25) is 0 Å². The molecule has 0 aromatic carbocycles. The van der Waals surface area contributed by atoms with Gasteiger partial charge in [0, 0.05) is 6.20 Å². The van der Waals surface area contributed by atoms with Crippen molar-refractivity contribution < 1.29 is 5.11 Å². The number of allylic oxidation sites excluding steroid dienone is 3. The number of fused-ring (bicyclic) bond motifs is 5. The van der Waals surface area contributed by atoms with Crippen LogP contribution in [0, 0.1) is 34.5 Å². The van der Waals surface area contributed by atoms with Gasteiger partial charge in [0.2, 0.25) is 0 Å². The van der Waals surface area contributed by atoms with Crippen molar-refractivity contribution in [2.24, 2.45) is 34.5 Å². The van der Waals surface area contributed by atoms with Crippen molar-refractivity contribution in [2.75, 3.05) is 0 Å². The van der Waals surface area contributed by atoms with Gasteiger partial charge in [-0.2, -0.15) is 0 Å². The van der Waals surface area contributed by atoms with E-state index in [2.05, 4.69) is 49.0 Å². The van der Waals surface area contributed by atoms with Crippen molar-refractivity contribution in [3.05, 3.63) is 42.0 Å². The second-order valence-corrected chi connectivity index (χ2v) is 10.1. The molecule has 0 spiro atoms. The van der Waals surface area contributed by atoms with Crippen LogP contribution in [0.25, 0.3) is 5.57 Å². The van der Waals surface area contributed by atoms with Crippen LogP contribution in [-0.2, 0) is 0 Å². The van der Waals surface area contributed by atoms with Crippen LogP contribution in [0.4, 0.5) is 0 Å². The normalized spacial score (nSPS) is 46.0. The largest absolute Gasteiger partial charge is 0.393 e. The second kappa shape index (κ2) is 6.01. The highest BCUT2D eigenvalue weighted by atomic mass is 16.3. The van der Waals surface area contributed by atoms with Crippen LogP contribution in [0.1, 0.15) is 65.0 Å². The average molecular weight is 365 g/mol. The summed E-state index contributed by atoms with van der Waals surface area (Å²) in [6, 6.07) is 2.08. The van der Waals surface area contributed by atoms with E-state index in [1.54, 1.807) is 11.9 Å². The molecule has 7 atom stereocenters. The molecule has 0 amide bonds. The standard InChI is InChI=1S/C24H32N2O/c1-15-12-16-13-17(27)6-9-23(16,2)20-7-10-24(3)18(4-5-19(24)22(15)20)21-8-11-25-14-26-21/h4,8,11-12,14-15,17,19-20,22,27H,5-7,9-10,13H2,1-3H3/t15-,17+,19+,20+,22+,23+,24-/m1/s1. The maximum absolute atomic E-state index is 10.2. The molecular weight excluding hydrogens is 332 g/mol. The molecule has 1 N–H and O–H groups in total. The summed E-state index contributed by atoms with van der Waals surface area (Å²) >= 11 is 0. The minimum Gasteiger partial charge on any atom is -0.393 e. The van der Waals surface area contributed by atoms with Crippen LogP contribution in [0.5, 0.6) is 0 Å². The van der Waals surface area contributed by atoms with E-state index in [1.165, 1.54) is 24.8 Å². The van der Waals surface area contributed by atoms with Crippen molar-refractivity contribution in [3.63, 3.8) is 0 Å². The maximum atomic E-state index is 10.2. The van der Waals surface area contributed by atoms with Gasteiger partial charge in [-0.15, -0.1) is 0 Å². The summed E-state index contributed by atoms with van der Waals surface area (Å²) in [6.45, 7) is 7.43. The molecule has 1 aromatic rings. The van der Waals surface area contributed by atoms with E-state index in [0.717, 1.165) is 36.8 Å². The molecule has 3 nitrogen and oxygen atoms in total. The predicted molar refractivity (Wildman–Crippen MR) is 108 cm³/mol. The first-order chi connectivity index (χ1) is 12.9. The highest BCUT2D eigenvalue weighted by Crippen LogP contribution is 2.67. The number of aliphatic hydroxyl groups excluding tert-OH is 1. The van der Waals surface area contributed by atoms with Crippen LogP contribution in [0.3, 0.4) is 0 Å². The van der Waals surface area contributed by atoms with E-state index < -0.39 is 0 Å². The molecular formula is C24H32N2O.